The molecule has 5 heteroatoms. The predicted molar refractivity (Wildman–Crippen MR) is 48.3 cm³/mol. The maximum atomic E-state index is 11.5. The average Bonchev–Trinajstić information content (AvgIpc) is 2.33. The summed E-state index contributed by atoms with van der Waals surface area (Å²) >= 11 is 0. The summed E-state index contributed by atoms with van der Waals surface area (Å²) in [6.07, 6.45) is 1.73. The minimum absolute atomic E-state index is 0.0904. The summed E-state index contributed by atoms with van der Waals surface area (Å²) in [7, 11) is 0. The fourth-order valence-corrected chi connectivity index (χ4v) is 1.88. The highest BCUT2D eigenvalue weighted by atomic mass is 16.3. The van der Waals surface area contributed by atoms with E-state index in [1.807, 2.05) is 0 Å². The number of carbonyl (C=O) groups excluding carboxylic acids is 2. The van der Waals surface area contributed by atoms with Gasteiger partial charge in [-0.25, -0.2) is 0 Å². The molecule has 5 nitrogen and oxygen atoms in total. The van der Waals surface area contributed by atoms with Crippen molar-refractivity contribution < 1.29 is 14.7 Å². The van der Waals surface area contributed by atoms with E-state index in [2.05, 4.69) is 5.32 Å². The monoisotopic (exact) mass is 196 g/mol. The van der Waals surface area contributed by atoms with Crippen LogP contribution in [0.5, 0.6) is 0 Å². The standard InChI is InChI=1S/C9H12N2O3/c1-6(12)9(4-10-5-9)11-7(13)2-3-8(11)14/h2-3,7,10,13H,4-5H2,1H3. The van der Waals surface area contributed by atoms with Crippen LogP contribution in [0.3, 0.4) is 0 Å². The molecule has 2 N–H and O–H groups in total. The minimum Gasteiger partial charge on any atom is -0.370 e. The van der Waals surface area contributed by atoms with Crippen molar-refractivity contribution in [2.24, 2.45) is 0 Å². The van der Waals surface area contributed by atoms with Crippen molar-refractivity contribution in [3.63, 3.8) is 0 Å². The minimum atomic E-state index is -0.964. The summed E-state index contributed by atoms with van der Waals surface area (Å²) in [5.41, 5.74) is -0.833. The molecule has 1 saturated heterocycles. The Bertz CT molecular complexity index is 320. The molecule has 2 heterocycles. The second-order valence-electron chi connectivity index (χ2n) is 3.67. The molecule has 14 heavy (non-hydrogen) atoms. The Morgan fingerprint density at radius 2 is 2.36 bits per heavy atom. The number of ketones is 1. The highest BCUT2D eigenvalue weighted by Crippen LogP contribution is 2.27. The van der Waals surface area contributed by atoms with E-state index in [0.717, 1.165) is 0 Å². The van der Waals surface area contributed by atoms with Gasteiger partial charge in [0, 0.05) is 19.2 Å². The molecule has 0 spiro atoms. The summed E-state index contributed by atoms with van der Waals surface area (Å²) in [5.74, 6) is -0.387. The first-order chi connectivity index (χ1) is 6.58. The van der Waals surface area contributed by atoms with Crippen LogP contribution in [0, 0.1) is 0 Å². The van der Waals surface area contributed by atoms with Crippen LogP contribution >= 0.6 is 0 Å². The van der Waals surface area contributed by atoms with Crippen LogP contribution in [0.25, 0.3) is 0 Å². The van der Waals surface area contributed by atoms with Gasteiger partial charge in [0.15, 0.2) is 5.78 Å². The molecule has 1 amide bonds. The maximum absolute atomic E-state index is 11.5. The molecular formula is C9H12N2O3. The number of amides is 1. The number of aliphatic hydroxyl groups is 1. The van der Waals surface area contributed by atoms with Gasteiger partial charge in [-0.3, -0.25) is 14.5 Å². The van der Waals surface area contributed by atoms with E-state index < -0.39 is 11.8 Å². The summed E-state index contributed by atoms with van der Waals surface area (Å²) in [4.78, 5) is 24.1. The number of carbonyl (C=O) groups is 2. The van der Waals surface area contributed by atoms with E-state index >= 15 is 0 Å². The molecule has 1 atom stereocenters. The molecule has 76 valence electrons. The summed E-state index contributed by atoms with van der Waals surface area (Å²) in [6, 6.07) is 0. The predicted octanol–water partition coefficient (Wildman–Crippen LogP) is -1.37. The molecular weight excluding hydrogens is 184 g/mol. The topological polar surface area (TPSA) is 69.6 Å². The van der Waals surface area contributed by atoms with Gasteiger partial charge in [0.25, 0.3) is 0 Å². The van der Waals surface area contributed by atoms with E-state index in [1.54, 1.807) is 0 Å². The Balaban J connectivity index is 2.29. The van der Waals surface area contributed by atoms with Crippen LogP contribution in [0.15, 0.2) is 12.2 Å². The largest absolute Gasteiger partial charge is 0.370 e. The molecule has 0 aromatic heterocycles. The van der Waals surface area contributed by atoms with Crippen molar-refractivity contribution in [3.05, 3.63) is 12.2 Å². The van der Waals surface area contributed by atoms with Crippen molar-refractivity contribution >= 4 is 11.7 Å². The molecule has 0 aromatic rings. The van der Waals surface area contributed by atoms with Crippen LogP contribution in [-0.2, 0) is 9.59 Å². The quantitative estimate of drug-likeness (QED) is 0.572. The second-order valence-corrected chi connectivity index (χ2v) is 3.67. The highest BCUT2D eigenvalue weighted by molar-refractivity contribution is 5.98. The number of aliphatic hydroxyl groups excluding tert-OH is 1. The fraction of sp³-hybridized carbons (Fsp3) is 0.556. The first-order valence-electron chi connectivity index (χ1n) is 4.49. The smallest absolute Gasteiger partial charge is 0.249 e. The zero-order valence-electron chi connectivity index (χ0n) is 7.86. The molecule has 2 aliphatic heterocycles. The van der Waals surface area contributed by atoms with Crippen molar-refractivity contribution in [3.8, 4) is 0 Å². The van der Waals surface area contributed by atoms with Crippen LogP contribution in [0.4, 0.5) is 0 Å². The molecule has 0 bridgehead atoms. The molecule has 0 radical (unpaired) electrons. The van der Waals surface area contributed by atoms with Crippen molar-refractivity contribution in [2.75, 3.05) is 13.1 Å². The lowest BCUT2D eigenvalue weighted by Crippen LogP contribution is -2.74. The lowest BCUT2D eigenvalue weighted by Gasteiger charge is -2.48. The summed E-state index contributed by atoms with van der Waals surface area (Å²) in [6.45, 7) is 2.29. The first kappa shape index (κ1) is 9.36. The Hall–Kier alpha value is -1.20. The SMILES string of the molecule is CC(=O)C1(N2C(=O)C=CC2O)CNC1. The number of rotatable bonds is 2. The van der Waals surface area contributed by atoms with Crippen LogP contribution < -0.4 is 5.32 Å². The van der Waals surface area contributed by atoms with E-state index in [0.29, 0.717) is 13.1 Å². The molecule has 0 aromatic carbocycles. The van der Waals surface area contributed by atoms with E-state index in [4.69, 9.17) is 0 Å². The molecule has 0 saturated carbocycles. The first-order valence-corrected chi connectivity index (χ1v) is 4.49. The lowest BCUT2D eigenvalue weighted by molar-refractivity contribution is -0.155. The van der Waals surface area contributed by atoms with Gasteiger partial charge in [0.05, 0.1) is 0 Å². The number of Topliss-reactive ketones (excluding diaryl/α,β-unsaturated/α-hetero) is 1. The van der Waals surface area contributed by atoms with Crippen LogP contribution in [-0.4, -0.2) is 46.6 Å². The number of hydrogen-bond acceptors (Lipinski definition) is 4. The van der Waals surface area contributed by atoms with Gasteiger partial charge in [0.2, 0.25) is 5.91 Å². The normalized spacial score (nSPS) is 29.1. The Labute approximate surface area is 81.4 Å². The third-order valence-corrected chi connectivity index (χ3v) is 2.86. The second kappa shape index (κ2) is 2.90. The third-order valence-electron chi connectivity index (χ3n) is 2.86. The zero-order chi connectivity index (χ0) is 10.3. The van der Waals surface area contributed by atoms with E-state index in [1.165, 1.54) is 24.0 Å². The lowest BCUT2D eigenvalue weighted by atomic mass is 9.86. The summed E-state index contributed by atoms with van der Waals surface area (Å²) in [5, 5.41) is 12.5. The maximum Gasteiger partial charge on any atom is 0.249 e. The van der Waals surface area contributed by atoms with Gasteiger partial charge in [-0.05, 0) is 13.0 Å². The van der Waals surface area contributed by atoms with Crippen LogP contribution in [0.1, 0.15) is 6.92 Å². The Morgan fingerprint density at radius 3 is 2.64 bits per heavy atom. The number of hydrogen-bond donors (Lipinski definition) is 2. The molecule has 2 rings (SSSR count). The third kappa shape index (κ3) is 1.03. The van der Waals surface area contributed by atoms with E-state index in [9.17, 15) is 14.7 Å². The van der Waals surface area contributed by atoms with Gasteiger partial charge in [-0.2, -0.15) is 0 Å². The Kier molecular flexibility index (Phi) is 1.94. The van der Waals surface area contributed by atoms with Gasteiger partial charge in [-0.15, -0.1) is 0 Å². The zero-order valence-corrected chi connectivity index (χ0v) is 7.86. The molecule has 2 aliphatic rings. The average molecular weight is 196 g/mol. The molecule has 1 fully saturated rings. The summed E-state index contributed by atoms with van der Waals surface area (Å²) < 4.78 is 0. The fourth-order valence-electron chi connectivity index (χ4n) is 1.88. The van der Waals surface area contributed by atoms with Gasteiger partial charge < -0.3 is 10.4 Å². The van der Waals surface area contributed by atoms with Gasteiger partial charge in [-0.1, -0.05) is 0 Å². The van der Waals surface area contributed by atoms with Crippen molar-refractivity contribution in [1.82, 2.24) is 10.2 Å². The highest BCUT2D eigenvalue weighted by Gasteiger charge is 2.51. The van der Waals surface area contributed by atoms with Crippen molar-refractivity contribution in [1.29, 1.82) is 0 Å². The Morgan fingerprint density at radius 1 is 1.71 bits per heavy atom. The number of nitrogens with one attached hydrogen (secondary N) is 1. The molecule has 0 aliphatic carbocycles. The van der Waals surface area contributed by atoms with E-state index in [-0.39, 0.29) is 11.7 Å². The van der Waals surface area contributed by atoms with Crippen LogP contribution in [0.2, 0.25) is 0 Å². The van der Waals surface area contributed by atoms with Crippen molar-refractivity contribution in [2.45, 2.75) is 18.7 Å². The number of nitrogens with zero attached hydrogens (tertiary/aromatic N) is 1. The molecule has 1 unspecified atom stereocenters. The van der Waals surface area contributed by atoms with Gasteiger partial charge in [0.1, 0.15) is 11.8 Å². The van der Waals surface area contributed by atoms with Gasteiger partial charge >= 0.3 is 0 Å².